The van der Waals surface area contributed by atoms with E-state index in [-0.39, 0.29) is 36.8 Å². The zero-order valence-electron chi connectivity index (χ0n) is 11.6. The average Bonchev–Trinajstić information content (AvgIpc) is 2.42. The Balaban J connectivity index is 0.00000200. The zero-order valence-corrected chi connectivity index (χ0v) is 14.7. The Morgan fingerprint density at radius 1 is 1.29 bits per heavy atom. The Kier molecular flexibility index (Phi) is 9.61. The SMILES string of the molecule is CC(C(=O)Nc1ccc(Cl)cc1Cl)N1CCNCC1.Cl.Cl. The van der Waals surface area contributed by atoms with Crippen molar-refractivity contribution < 1.29 is 4.79 Å². The normalized spacial score (nSPS) is 16.3. The lowest BCUT2D eigenvalue weighted by Crippen LogP contribution is -2.51. The summed E-state index contributed by atoms with van der Waals surface area (Å²) in [5.41, 5.74) is 0.595. The molecule has 1 aromatic rings. The van der Waals surface area contributed by atoms with Crippen molar-refractivity contribution in [3.8, 4) is 0 Å². The lowest BCUT2D eigenvalue weighted by molar-refractivity contribution is -0.120. The van der Waals surface area contributed by atoms with Gasteiger partial charge in [-0.3, -0.25) is 9.69 Å². The highest BCUT2D eigenvalue weighted by Gasteiger charge is 2.23. The van der Waals surface area contributed by atoms with Gasteiger partial charge in [-0.1, -0.05) is 23.2 Å². The number of benzene rings is 1. The van der Waals surface area contributed by atoms with Crippen LogP contribution in [0, 0.1) is 0 Å². The van der Waals surface area contributed by atoms with Crippen LogP contribution in [0.3, 0.4) is 0 Å². The van der Waals surface area contributed by atoms with E-state index in [0.29, 0.717) is 15.7 Å². The molecule has 1 aliphatic rings. The molecule has 0 spiro atoms. The fourth-order valence-electron chi connectivity index (χ4n) is 2.06. The molecule has 1 fully saturated rings. The fourth-order valence-corrected chi connectivity index (χ4v) is 2.52. The molecule has 1 unspecified atom stereocenters. The zero-order chi connectivity index (χ0) is 13.8. The van der Waals surface area contributed by atoms with Crippen LogP contribution in [0.25, 0.3) is 0 Å². The Morgan fingerprint density at radius 3 is 2.48 bits per heavy atom. The van der Waals surface area contributed by atoms with Gasteiger partial charge in [-0.2, -0.15) is 0 Å². The van der Waals surface area contributed by atoms with E-state index in [9.17, 15) is 4.79 Å². The molecule has 0 radical (unpaired) electrons. The summed E-state index contributed by atoms with van der Waals surface area (Å²) in [7, 11) is 0. The van der Waals surface area contributed by atoms with Gasteiger partial charge in [0.25, 0.3) is 0 Å². The average molecular weight is 375 g/mol. The van der Waals surface area contributed by atoms with Crippen LogP contribution in [0.2, 0.25) is 10.0 Å². The summed E-state index contributed by atoms with van der Waals surface area (Å²) in [6.07, 6.45) is 0. The van der Waals surface area contributed by atoms with E-state index in [1.54, 1.807) is 18.2 Å². The number of hydrogen-bond acceptors (Lipinski definition) is 3. The number of amides is 1. The molecular formula is C13H19Cl4N3O. The maximum absolute atomic E-state index is 12.2. The molecule has 1 saturated heterocycles. The maximum atomic E-state index is 12.2. The van der Waals surface area contributed by atoms with Gasteiger partial charge in [-0.25, -0.2) is 0 Å². The van der Waals surface area contributed by atoms with Gasteiger partial charge in [0.2, 0.25) is 5.91 Å². The van der Waals surface area contributed by atoms with Gasteiger partial charge in [0.05, 0.1) is 16.8 Å². The fraction of sp³-hybridized carbons (Fsp3) is 0.462. The molecule has 1 aromatic carbocycles. The number of anilines is 1. The van der Waals surface area contributed by atoms with E-state index in [2.05, 4.69) is 15.5 Å². The van der Waals surface area contributed by atoms with Gasteiger partial charge in [-0.05, 0) is 25.1 Å². The Morgan fingerprint density at radius 2 is 1.90 bits per heavy atom. The van der Waals surface area contributed by atoms with Crippen LogP contribution in [-0.4, -0.2) is 43.0 Å². The van der Waals surface area contributed by atoms with Crippen LogP contribution in [0.5, 0.6) is 0 Å². The van der Waals surface area contributed by atoms with E-state index in [4.69, 9.17) is 23.2 Å². The minimum atomic E-state index is -0.172. The Bertz CT molecular complexity index is 467. The standard InChI is InChI=1S/C13H17Cl2N3O.2ClH/c1-9(18-6-4-16-5-7-18)13(19)17-12-3-2-10(14)8-11(12)15;;/h2-3,8-9,16H,4-7H2,1H3,(H,17,19);2*1H. The van der Waals surface area contributed by atoms with E-state index >= 15 is 0 Å². The number of hydrogen-bond donors (Lipinski definition) is 2. The van der Waals surface area contributed by atoms with E-state index in [1.807, 2.05) is 6.92 Å². The highest BCUT2D eigenvalue weighted by Crippen LogP contribution is 2.25. The van der Waals surface area contributed by atoms with Gasteiger partial charge in [0.15, 0.2) is 0 Å². The minimum Gasteiger partial charge on any atom is -0.323 e. The van der Waals surface area contributed by atoms with Crippen LogP contribution in [0.15, 0.2) is 18.2 Å². The second-order valence-electron chi connectivity index (χ2n) is 4.58. The van der Waals surface area contributed by atoms with Gasteiger partial charge in [-0.15, -0.1) is 24.8 Å². The molecule has 1 atom stereocenters. The molecule has 0 aromatic heterocycles. The molecule has 1 heterocycles. The first-order valence-corrected chi connectivity index (χ1v) is 7.04. The first kappa shape index (κ1) is 20.8. The number of nitrogens with one attached hydrogen (secondary N) is 2. The van der Waals surface area contributed by atoms with Crippen molar-refractivity contribution in [1.29, 1.82) is 0 Å². The van der Waals surface area contributed by atoms with E-state index in [1.165, 1.54) is 0 Å². The monoisotopic (exact) mass is 373 g/mol. The highest BCUT2D eigenvalue weighted by atomic mass is 35.5. The summed E-state index contributed by atoms with van der Waals surface area (Å²) in [6.45, 7) is 5.50. The number of carbonyl (C=O) groups excluding carboxylic acids is 1. The van der Waals surface area contributed by atoms with Crippen molar-refractivity contribution in [3.63, 3.8) is 0 Å². The van der Waals surface area contributed by atoms with Crippen molar-refractivity contribution in [2.75, 3.05) is 31.5 Å². The summed E-state index contributed by atoms with van der Waals surface area (Å²) in [5.74, 6) is -0.0499. The largest absolute Gasteiger partial charge is 0.323 e. The van der Waals surface area contributed by atoms with Crippen molar-refractivity contribution in [3.05, 3.63) is 28.2 Å². The van der Waals surface area contributed by atoms with Crippen LogP contribution in [-0.2, 0) is 4.79 Å². The molecule has 1 amide bonds. The maximum Gasteiger partial charge on any atom is 0.241 e. The van der Waals surface area contributed by atoms with Crippen molar-refractivity contribution in [1.82, 2.24) is 10.2 Å². The summed E-state index contributed by atoms with van der Waals surface area (Å²) in [6, 6.07) is 4.87. The molecule has 8 heteroatoms. The van der Waals surface area contributed by atoms with Gasteiger partial charge >= 0.3 is 0 Å². The predicted molar refractivity (Wildman–Crippen MR) is 93.5 cm³/mol. The molecule has 21 heavy (non-hydrogen) atoms. The second-order valence-corrected chi connectivity index (χ2v) is 5.42. The summed E-state index contributed by atoms with van der Waals surface area (Å²) in [5, 5.41) is 7.11. The smallest absolute Gasteiger partial charge is 0.241 e. The molecule has 2 rings (SSSR count). The van der Waals surface area contributed by atoms with Crippen molar-refractivity contribution in [2.45, 2.75) is 13.0 Å². The Labute approximate surface area is 147 Å². The van der Waals surface area contributed by atoms with Gasteiger partial charge < -0.3 is 10.6 Å². The molecular weight excluding hydrogens is 356 g/mol. The highest BCUT2D eigenvalue weighted by molar-refractivity contribution is 6.36. The first-order chi connectivity index (χ1) is 9.08. The summed E-state index contributed by atoms with van der Waals surface area (Å²) >= 11 is 11.9. The number of nitrogens with zero attached hydrogens (tertiary/aromatic N) is 1. The van der Waals surface area contributed by atoms with Crippen LogP contribution in [0.4, 0.5) is 5.69 Å². The third-order valence-corrected chi connectivity index (χ3v) is 3.82. The number of rotatable bonds is 3. The van der Waals surface area contributed by atoms with Gasteiger partial charge in [0.1, 0.15) is 0 Å². The summed E-state index contributed by atoms with van der Waals surface area (Å²) in [4.78, 5) is 14.3. The number of halogens is 4. The quantitative estimate of drug-likeness (QED) is 0.854. The number of carbonyl (C=O) groups is 1. The molecule has 2 N–H and O–H groups in total. The molecule has 1 aliphatic heterocycles. The van der Waals surface area contributed by atoms with Crippen molar-refractivity contribution >= 4 is 59.6 Å². The first-order valence-electron chi connectivity index (χ1n) is 6.28. The number of piperazine rings is 1. The van der Waals surface area contributed by atoms with Crippen LogP contribution >= 0.6 is 48.0 Å². The second kappa shape index (κ2) is 9.72. The van der Waals surface area contributed by atoms with E-state index in [0.717, 1.165) is 26.2 Å². The minimum absolute atomic E-state index is 0. The van der Waals surface area contributed by atoms with Crippen LogP contribution < -0.4 is 10.6 Å². The molecule has 0 saturated carbocycles. The lowest BCUT2D eigenvalue weighted by Gasteiger charge is -2.31. The third-order valence-electron chi connectivity index (χ3n) is 3.27. The van der Waals surface area contributed by atoms with Gasteiger partial charge in [0, 0.05) is 31.2 Å². The summed E-state index contributed by atoms with van der Waals surface area (Å²) < 4.78 is 0. The third kappa shape index (κ3) is 5.81. The predicted octanol–water partition coefficient (Wildman–Crippen LogP) is 3.07. The molecule has 4 nitrogen and oxygen atoms in total. The molecule has 0 aliphatic carbocycles. The molecule has 0 bridgehead atoms. The lowest BCUT2D eigenvalue weighted by atomic mass is 10.2. The topological polar surface area (TPSA) is 44.4 Å². The van der Waals surface area contributed by atoms with E-state index < -0.39 is 0 Å². The molecule has 120 valence electrons. The van der Waals surface area contributed by atoms with Crippen LogP contribution in [0.1, 0.15) is 6.92 Å². The Hall–Kier alpha value is -0.230. The van der Waals surface area contributed by atoms with Crippen molar-refractivity contribution in [2.24, 2.45) is 0 Å².